The molecule has 0 N–H and O–H groups in total. The van der Waals surface area contributed by atoms with Gasteiger partial charge in [0.15, 0.2) is 0 Å². The number of rotatable bonds is 3. The van der Waals surface area contributed by atoms with Gasteiger partial charge in [-0.05, 0) is 0 Å². The Bertz CT molecular complexity index is 779. The van der Waals surface area contributed by atoms with E-state index in [9.17, 15) is 0 Å². The quantitative estimate of drug-likeness (QED) is 0.594. The molecule has 0 bridgehead atoms. The molecule has 0 saturated carbocycles. The van der Waals surface area contributed by atoms with Crippen molar-refractivity contribution in [1.82, 2.24) is 0 Å². The average molecular weight is 365 g/mol. The topological polar surface area (TPSA) is 0 Å². The molecule has 0 fully saturated rings. The molecule has 2 aliphatic rings. The van der Waals surface area contributed by atoms with E-state index >= 15 is 0 Å². The van der Waals surface area contributed by atoms with Crippen molar-refractivity contribution in [3.05, 3.63) is 81.9 Å². The van der Waals surface area contributed by atoms with Crippen LogP contribution in [0.1, 0.15) is 44.5 Å². The van der Waals surface area contributed by atoms with Crippen LogP contribution >= 0.6 is 0 Å². The van der Waals surface area contributed by atoms with Gasteiger partial charge in [-0.2, -0.15) is 0 Å². The van der Waals surface area contributed by atoms with Crippen molar-refractivity contribution in [2.75, 3.05) is 0 Å². The Morgan fingerprint density at radius 1 is 0.708 bits per heavy atom. The molecule has 0 spiro atoms. The van der Waals surface area contributed by atoms with E-state index in [1.165, 1.54) is 11.1 Å². The summed E-state index contributed by atoms with van der Waals surface area (Å²) >= 11 is -1.35. The molecule has 0 aliphatic heterocycles. The van der Waals surface area contributed by atoms with E-state index in [-0.39, 0.29) is 0 Å². The zero-order chi connectivity index (χ0) is 16.8. The molecule has 2 unspecified atom stereocenters. The van der Waals surface area contributed by atoms with Crippen molar-refractivity contribution in [2.24, 2.45) is 0 Å². The summed E-state index contributed by atoms with van der Waals surface area (Å²) in [5.74, 6) is 0. The van der Waals surface area contributed by atoms with Gasteiger partial charge in [0, 0.05) is 0 Å². The third-order valence-electron chi connectivity index (χ3n) is 5.62. The Morgan fingerprint density at radius 2 is 1.12 bits per heavy atom. The first-order valence-corrected chi connectivity index (χ1v) is 16.4. The molecular formula is C22H25SiTi. The Balaban J connectivity index is 1.83. The SMILES string of the molecule is CC1=Cc2ccccc2[CH]1[Ti]([CH]1C(C)=Cc2ccccc21)[SiH](C)C. The Labute approximate surface area is 152 Å². The van der Waals surface area contributed by atoms with Gasteiger partial charge >= 0.3 is 153 Å². The summed E-state index contributed by atoms with van der Waals surface area (Å²) in [5.41, 5.74) is 9.47. The van der Waals surface area contributed by atoms with Gasteiger partial charge in [-0.25, -0.2) is 0 Å². The van der Waals surface area contributed by atoms with Crippen molar-refractivity contribution in [2.45, 2.75) is 35.4 Å². The maximum absolute atomic E-state index is 2.61. The molecule has 24 heavy (non-hydrogen) atoms. The summed E-state index contributed by atoms with van der Waals surface area (Å²) in [6.45, 7) is 9.28. The second kappa shape index (κ2) is 6.29. The molecule has 0 aromatic heterocycles. The second-order valence-electron chi connectivity index (χ2n) is 7.56. The van der Waals surface area contributed by atoms with Crippen LogP contribution in [0.25, 0.3) is 12.2 Å². The van der Waals surface area contributed by atoms with Gasteiger partial charge in [0.1, 0.15) is 0 Å². The van der Waals surface area contributed by atoms with E-state index in [1.54, 1.807) is 22.3 Å². The van der Waals surface area contributed by atoms with Gasteiger partial charge in [-0.1, -0.05) is 0 Å². The third-order valence-corrected chi connectivity index (χ3v) is 20.4. The minimum atomic E-state index is -1.35. The van der Waals surface area contributed by atoms with Gasteiger partial charge in [0.2, 0.25) is 0 Å². The van der Waals surface area contributed by atoms with Crippen LogP contribution in [0.15, 0.2) is 59.7 Å². The molecule has 2 atom stereocenters. The number of hydrogen-bond acceptors (Lipinski definition) is 0. The molecule has 2 aromatic carbocycles. The van der Waals surface area contributed by atoms with Crippen LogP contribution in [0, 0.1) is 0 Å². The summed E-state index contributed by atoms with van der Waals surface area (Å²) in [6, 6.07) is 18.3. The molecular weight excluding hydrogens is 340 g/mol. The maximum atomic E-state index is 2.61. The van der Waals surface area contributed by atoms with Gasteiger partial charge in [0.25, 0.3) is 0 Å². The van der Waals surface area contributed by atoms with Crippen molar-refractivity contribution >= 4 is 18.8 Å². The first kappa shape index (κ1) is 16.3. The molecule has 0 heterocycles. The number of hydrogen-bond donors (Lipinski definition) is 0. The summed E-state index contributed by atoms with van der Waals surface area (Å²) < 4.78 is 1.51. The van der Waals surface area contributed by atoms with Crippen molar-refractivity contribution in [3.63, 3.8) is 0 Å². The van der Waals surface area contributed by atoms with Crippen LogP contribution < -0.4 is 0 Å². The van der Waals surface area contributed by atoms with E-state index in [4.69, 9.17) is 0 Å². The van der Waals surface area contributed by atoms with Crippen LogP contribution in [0.4, 0.5) is 0 Å². The van der Waals surface area contributed by atoms with Crippen molar-refractivity contribution < 1.29 is 17.1 Å². The van der Waals surface area contributed by atoms with Crippen LogP contribution in [0.2, 0.25) is 13.1 Å². The normalized spacial score (nSPS) is 21.4. The van der Waals surface area contributed by atoms with Crippen LogP contribution in [0.3, 0.4) is 0 Å². The van der Waals surface area contributed by atoms with Gasteiger partial charge < -0.3 is 0 Å². The average Bonchev–Trinajstić information content (AvgIpc) is 3.05. The first-order valence-electron chi connectivity index (χ1n) is 8.98. The fourth-order valence-corrected chi connectivity index (χ4v) is 20.3. The monoisotopic (exact) mass is 365 g/mol. The zero-order valence-electron chi connectivity index (χ0n) is 15.0. The molecule has 0 radical (unpaired) electrons. The minimum absolute atomic E-state index is 0.701. The van der Waals surface area contributed by atoms with Crippen molar-refractivity contribution in [3.8, 4) is 0 Å². The summed E-state index contributed by atoms with van der Waals surface area (Å²) in [7, 11) is 0. The predicted octanol–water partition coefficient (Wildman–Crippen LogP) is 5.90. The standard InChI is InChI=1S/2C10H9.C2H7Si.Ti/c2*1-8-6-9-4-2-3-5-10(9)7-8;1-3-2;/h2*2-7H,1H3;3H,1-2H3;. The van der Waals surface area contributed by atoms with Crippen LogP contribution in [0.5, 0.6) is 0 Å². The second-order valence-corrected chi connectivity index (χ2v) is 21.4. The van der Waals surface area contributed by atoms with E-state index in [0.29, 0.717) is 0 Å². The van der Waals surface area contributed by atoms with Crippen molar-refractivity contribution in [1.29, 1.82) is 0 Å². The van der Waals surface area contributed by atoms with Gasteiger partial charge in [0.05, 0.1) is 0 Å². The van der Waals surface area contributed by atoms with E-state index in [1.807, 2.05) is 0 Å². The summed E-state index contributed by atoms with van der Waals surface area (Å²) in [5, 5.41) is 0. The van der Waals surface area contributed by atoms with Crippen LogP contribution in [-0.2, 0) is 17.1 Å². The van der Waals surface area contributed by atoms with Crippen LogP contribution in [-0.4, -0.2) is 6.66 Å². The summed E-state index contributed by atoms with van der Waals surface area (Å²) in [6.07, 6.45) is 4.92. The van der Waals surface area contributed by atoms with Gasteiger partial charge in [-0.15, -0.1) is 0 Å². The zero-order valence-corrected chi connectivity index (χ0v) is 17.7. The van der Waals surface area contributed by atoms with E-state index < -0.39 is 23.8 Å². The number of allylic oxidation sites excluding steroid dienone is 2. The first-order chi connectivity index (χ1) is 11.6. The number of benzene rings is 2. The van der Waals surface area contributed by atoms with E-state index in [2.05, 4.69) is 87.6 Å². The summed E-state index contributed by atoms with van der Waals surface area (Å²) in [4.78, 5) is 0. The Hall–Kier alpha value is -1.15. The Kier molecular flexibility index (Phi) is 4.28. The van der Waals surface area contributed by atoms with Gasteiger partial charge in [-0.3, -0.25) is 0 Å². The number of fused-ring (bicyclic) bond motifs is 2. The Morgan fingerprint density at radius 3 is 1.54 bits per heavy atom. The molecule has 2 aromatic rings. The molecule has 4 rings (SSSR count). The molecule has 0 nitrogen and oxygen atoms in total. The predicted molar refractivity (Wildman–Crippen MR) is 105 cm³/mol. The third kappa shape index (κ3) is 2.54. The molecule has 0 amide bonds. The van der Waals surface area contributed by atoms with E-state index in [0.717, 1.165) is 8.45 Å². The molecule has 0 saturated heterocycles. The molecule has 2 heteroatoms. The fraction of sp³-hybridized carbons (Fsp3) is 0.273. The molecule has 2 aliphatic carbocycles. The molecule has 121 valence electrons. The fourth-order valence-electron chi connectivity index (χ4n) is 4.68.